The quantitative estimate of drug-likeness (QED) is 0.857. The van der Waals surface area contributed by atoms with E-state index in [-0.39, 0.29) is 17.1 Å². The summed E-state index contributed by atoms with van der Waals surface area (Å²) < 4.78 is 28.1. The third kappa shape index (κ3) is 2.68. The van der Waals surface area contributed by atoms with Crippen LogP contribution in [0.4, 0.5) is 5.69 Å². The molecule has 1 aromatic heterocycles. The molecule has 0 saturated heterocycles. The molecule has 6 nitrogen and oxygen atoms in total. The first-order valence-electron chi connectivity index (χ1n) is 6.11. The number of benzene rings is 1. The predicted molar refractivity (Wildman–Crippen MR) is 77.5 cm³/mol. The Bertz CT molecular complexity index is 701. The summed E-state index contributed by atoms with van der Waals surface area (Å²) in [6.07, 6.45) is 3.43. The number of nitrogen functional groups attached to an aromatic ring is 1. The topological polar surface area (TPSA) is 81.2 Å². The van der Waals surface area contributed by atoms with E-state index in [1.54, 1.807) is 49.2 Å². The summed E-state index contributed by atoms with van der Waals surface area (Å²) in [5.74, 6) is 0. The monoisotopic (exact) mass is 294 g/mol. The fourth-order valence-corrected chi connectivity index (χ4v) is 3.55. The molecule has 1 heterocycles. The molecule has 108 valence electrons. The average Bonchev–Trinajstić information content (AvgIpc) is 2.74. The Hall–Kier alpha value is -1.86. The Labute approximate surface area is 118 Å². The van der Waals surface area contributed by atoms with Crippen molar-refractivity contribution in [1.29, 1.82) is 0 Å². The molecule has 0 aliphatic heterocycles. The van der Waals surface area contributed by atoms with E-state index in [1.165, 1.54) is 11.4 Å². The van der Waals surface area contributed by atoms with Crippen LogP contribution in [0.25, 0.3) is 0 Å². The van der Waals surface area contributed by atoms with Gasteiger partial charge in [0.15, 0.2) is 0 Å². The molecule has 2 aromatic rings. The van der Waals surface area contributed by atoms with Crippen molar-refractivity contribution in [2.75, 3.05) is 12.8 Å². The van der Waals surface area contributed by atoms with Gasteiger partial charge in [-0.15, -0.1) is 0 Å². The first-order chi connectivity index (χ1) is 9.32. The molecule has 0 aliphatic carbocycles. The number of anilines is 1. The lowest BCUT2D eigenvalue weighted by molar-refractivity contribution is 0.466. The lowest BCUT2D eigenvalue weighted by atomic mass is 10.2. The molecule has 0 unspecified atom stereocenters. The highest BCUT2D eigenvalue weighted by molar-refractivity contribution is 7.89. The van der Waals surface area contributed by atoms with Crippen LogP contribution < -0.4 is 5.73 Å². The van der Waals surface area contributed by atoms with Crippen LogP contribution in [0, 0.1) is 6.92 Å². The highest BCUT2D eigenvalue weighted by Gasteiger charge is 2.25. The fraction of sp³-hybridized carbons (Fsp3) is 0.308. The molecule has 0 radical (unpaired) electrons. The van der Waals surface area contributed by atoms with Gasteiger partial charge in [0.1, 0.15) is 4.90 Å². The summed E-state index contributed by atoms with van der Waals surface area (Å²) in [6.45, 7) is 1.99. The van der Waals surface area contributed by atoms with Crippen molar-refractivity contribution in [1.82, 2.24) is 14.1 Å². The number of nitrogens with zero attached hydrogens (tertiary/aromatic N) is 3. The number of rotatable bonds is 4. The smallest absolute Gasteiger partial charge is 0.245 e. The molecule has 20 heavy (non-hydrogen) atoms. The standard InChI is InChI=1S/C13H18N4O2S/c1-10-5-4-6-12(14)13(10)20(18,19)17(3)9-11-7-15-16(2)8-11/h4-8H,9,14H2,1-3H3. The molecular formula is C13H18N4O2S. The number of nitrogens with two attached hydrogens (primary N) is 1. The molecule has 0 spiro atoms. The van der Waals surface area contributed by atoms with E-state index in [4.69, 9.17) is 5.73 Å². The van der Waals surface area contributed by atoms with E-state index < -0.39 is 10.0 Å². The Morgan fingerprint density at radius 3 is 2.65 bits per heavy atom. The van der Waals surface area contributed by atoms with Gasteiger partial charge in [-0.1, -0.05) is 12.1 Å². The maximum absolute atomic E-state index is 12.6. The fourth-order valence-electron chi connectivity index (χ4n) is 2.08. The molecule has 0 amide bonds. The molecule has 2 N–H and O–H groups in total. The summed E-state index contributed by atoms with van der Waals surface area (Å²) >= 11 is 0. The summed E-state index contributed by atoms with van der Waals surface area (Å²) in [5, 5.41) is 4.03. The normalized spacial score (nSPS) is 12.0. The van der Waals surface area contributed by atoms with E-state index in [2.05, 4.69) is 5.10 Å². The number of hydrogen-bond acceptors (Lipinski definition) is 4. The predicted octanol–water partition coefficient (Wildman–Crippen LogP) is 1.13. The van der Waals surface area contributed by atoms with Gasteiger partial charge in [-0.2, -0.15) is 9.40 Å². The Morgan fingerprint density at radius 2 is 2.10 bits per heavy atom. The van der Waals surface area contributed by atoms with Crippen molar-refractivity contribution in [3.05, 3.63) is 41.7 Å². The number of aromatic nitrogens is 2. The van der Waals surface area contributed by atoms with E-state index in [1.807, 2.05) is 0 Å². The Balaban J connectivity index is 2.35. The molecule has 0 saturated carbocycles. The minimum atomic E-state index is -3.62. The van der Waals surface area contributed by atoms with Gasteiger partial charge in [-0.05, 0) is 18.6 Å². The van der Waals surface area contributed by atoms with Crippen molar-refractivity contribution >= 4 is 15.7 Å². The molecule has 0 bridgehead atoms. The molecule has 0 aliphatic rings. The van der Waals surface area contributed by atoms with Crippen LogP contribution in [0.15, 0.2) is 35.5 Å². The average molecular weight is 294 g/mol. The van der Waals surface area contributed by atoms with Gasteiger partial charge >= 0.3 is 0 Å². The largest absolute Gasteiger partial charge is 0.398 e. The maximum atomic E-state index is 12.6. The van der Waals surface area contributed by atoms with Crippen LogP contribution in [-0.2, 0) is 23.6 Å². The lowest BCUT2D eigenvalue weighted by Gasteiger charge is -2.19. The molecule has 0 fully saturated rings. The molecule has 2 rings (SSSR count). The second-order valence-corrected chi connectivity index (χ2v) is 6.76. The number of aryl methyl sites for hydroxylation is 2. The van der Waals surface area contributed by atoms with Gasteiger partial charge in [0.2, 0.25) is 10.0 Å². The molecule has 1 aromatic carbocycles. The second-order valence-electron chi connectivity index (χ2n) is 4.78. The first-order valence-corrected chi connectivity index (χ1v) is 7.55. The van der Waals surface area contributed by atoms with Crippen molar-refractivity contribution in [2.45, 2.75) is 18.4 Å². The maximum Gasteiger partial charge on any atom is 0.245 e. The highest BCUT2D eigenvalue weighted by atomic mass is 32.2. The van der Waals surface area contributed by atoms with Crippen LogP contribution in [0.1, 0.15) is 11.1 Å². The zero-order valence-corrected chi connectivity index (χ0v) is 12.6. The number of sulfonamides is 1. The van der Waals surface area contributed by atoms with Gasteiger partial charge in [0, 0.05) is 32.4 Å². The van der Waals surface area contributed by atoms with Crippen LogP contribution in [-0.4, -0.2) is 29.6 Å². The second kappa shape index (κ2) is 5.26. The third-order valence-electron chi connectivity index (χ3n) is 3.07. The summed E-state index contributed by atoms with van der Waals surface area (Å²) in [4.78, 5) is 0.173. The summed E-state index contributed by atoms with van der Waals surface area (Å²) in [6, 6.07) is 5.07. The molecule has 0 atom stereocenters. The third-order valence-corrected chi connectivity index (χ3v) is 5.10. The lowest BCUT2D eigenvalue weighted by Crippen LogP contribution is -2.27. The van der Waals surface area contributed by atoms with Crippen LogP contribution >= 0.6 is 0 Å². The van der Waals surface area contributed by atoms with E-state index in [9.17, 15) is 8.42 Å². The zero-order chi connectivity index (χ0) is 14.9. The zero-order valence-electron chi connectivity index (χ0n) is 11.7. The minimum Gasteiger partial charge on any atom is -0.398 e. The van der Waals surface area contributed by atoms with E-state index >= 15 is 0 Å². The van der Waals surface area contributed by atoms with Crippen LogP contribution in [0.3, 0.4) is 0 Å². The molecular weight excluding hydrogens is 276 g/mol. The molecule has 7 heteroatoms. The summed E-state index contributed by atoms with van der Waals surface area (Å²) in [5.41, 5.74) is 7.55. The summed E-state index contributed by atoms with van der Waals surface area (Å²) in [7, 11) is -0.293. The van der Waals surface area contributed by atoms with E-state index in [0.717, 1.165) is 5.56 Å². The van der Waals surface area contributed by atoms with Crippen molar-refractivity contribution in [2.24, 2.45) is 7.05 Å². The first kappa shape index (κ1) is 14.5. The highest BCUT2D eigenvalue weighted by Crippen LogP contribution is 2.25. The van der Waals surface area contributed by atoms with Crippen LogP contribution in [0.2, 0.25) is 0 Å². The van der Waals surface area contributed by atoms with Gasteiger partial charge in [-0.25, -0.2) is 8.42 Å². The number of hydrogen-bond donors (Lipinski definition) is 1. The SMILES string of the molecule is Cc1cccc(N)c1S(=O)(=O)N(C)Cc1cnn(C)c1. The van der Waals surface area contributed by atoms with E-state index in [0.29, 0.717) is 5.56 Å². The van der Waals surface area contributed by atoms with Gasteiger partial charge < -0.3 is 5.73 Å². The van der Waals surface area contributed by atoms with Gasteiger partial charge in [0.25, 0.3) is 0 Å². The van der Waals surface area contributed by atoms with Gasteiger partial charge in [-0.3, -0.25) is 4.68 Å². The van der Waals surface area contributed by atoms with Gasteiger partial charge in [0.05, 0.1) is 11.9 Å². The minimum absolute atomic E-state index is 0.173. The Morgan fingerprint density at radius 1 is 1.40 bits per heavy atom. The van der Waals surface area contributed by atoms with Crippen molar-refractivity contribution in [3.63, 3.8) is 0 Å². The Kier molecular flexibility index (Phi) is 3.82. The van der Waals surface area contributed by atoms with Crippen molar-refractivity contribution < 1.29 is 8.42 Å². The van der Waals surface area contributed by atoms with Crippen LogP contribution in [0.5, 0.6) is 0 Å². The van der Waals surface area contributed by atoms with Crippen molar-refractivity contribution in [3.8, 4) is 0 Å².